The van der Waals surface area contributed by atoms with Crippen LogP contribution in [-0.4, -0.2) is 23.8 Å². The van der Waals surface area contributed by atoms with Gasteiger partial charge in [0, 0.05) is 12.1 Å². The Kier molecular flexibility index (Phi) is 11.1. The van der Waals surface area contributed by atoms with E-state index < -0.39 is 0 Å². The maximum Gasteiger partial charge on any atom is 1.00 e. The van der Waals surface area contributed by atoms with Crippen molar-refractivity contribution in [2.75, 3.05) is 0 Å². The van der Waals surface area contributed by atoms with E-state index in [1.165, 1.54) is 0 Å². The van der Waals surface area contributed by atoms with Crippen LogP contribution in [0, 0.1) is 0 Å². The van der Waals surface area contributed by atoms with E-state index in [0.717, 1.165) is 0 Å². The molecule has 2 aromatic rings. The Labute approximate surface area is 204 Å². The average molecular weight is 465 g/mol. The van der Waals surface area contributed by atoms with E-state index in [0.29, 0.717) is 38.2 Å². The van der Waals surface area contributed by atoms with Gasteiger partial charge in [-0.3, -0.25) is 4.79 Å². The first-order valence-electron chi connectivity index (χ1n) is 9.51. The molecule has 0 bridgehead atoms. The van der Waals surface area contributed by atoms with Crippen molar-refractivity contribution in [2.24, 2.45) is 0 Å². The van der Waals surface area contributed by atoms with Gasteiger partial charge in [0.2, 0.25) is 0 Å². The Bertz CT molecular complexity index is 827. The minimum absolute atomic E-state index is 0. The first-order chi connectivity index (χ1) is 13.6. The zero-order valence-electron chi connectivity index (χ0n) is 19.5. The molecule has 0 amide bonds. The Morgan fingerprint density at radius 1 is 0.867 bits per heavy atom. The molecule has 8 heteroatoms. The van der Waals surface area contributed by atoms with Gasteiger partial charge in [-0.25, -0.2) is 0 Å². The van der Waals surface area contributed by atoms with Gasteiger partial charge in [-0.1, -0.05) is 29.3 Å². The number of benzene rings is 2. The quantitative estimate of drug-likeness (QED) is 0.420. The van der Waals surface area contributed by atoms with Crippen molar-refractivity contribution < 1.29 is 39.3 Å². The Morgan fingerprint density at radius 3 is 1.70 bits per heavy atom. The molecule has 0 saturated heterocycles. The first-order valence-corrected chi connectivity index (χ1v) is 11.3. The van der Waals surface area contributed by atoms with Gasteiger partial charge in [-0.05, 0) is 62.3 Å². The smallest absolute Gasteiger partial charge is 1.00 e. The molecule has 4 nitrogen and oxygen atoms in total. The molecule has 0 aliphatic rings. The van der Waals surface area contributed by atoms with E-state index in [1.54, 1.807) is 30.3 Å². The molecule has 2 rings (SSSR count). The zero-order valence-corrected chi connectivity index (χ0v) is 21.0. The molecule has 0 spiro atoms. The van der Waals surface area contributed by atoms with E-state index in [4.69, 9.17) is 37.4 Å². The van der Waals surface area contributed by atoms with Gasteiger partial charge in [0.05, 0.1) is 39.2 Å². The SMILES string of the molecule is CC(C)Oc1cc(OC(C)C)c(PC(=O)c2c(Cl)cccc2Cl)c(OC(C)C)c1.[H-].[Li+]. The van der Waals surface area contributed by atoms with E-state index in [2.05, 4.69) is 0 Å². The molecule has 1 atom stereocenters. The fraction of sp³-hybridized carbons (Fsp3) is 0.409. The summed E-state index contributed by atoms with van der Waals surface area (Å²) in [6.07, 6.45) is -0.178. The second-order valence-electron chi connectivity index (χ2n) is 7.35. The summed E-state index contributed by atoms with van der Waals surface area (Å²) in [5.74, 6) is 1.75. The number of halogens is 2. The molecule has 0 fully saturated rings. The summed E-state index contributed by atoms with van der Waals surface area (Å²) < 4.78 is 17.9. The van der Waals surface area contributed by atoms with Crippen LogP contribution in [0.1, 0.15) is 53.3 Å². The van der Waals surface area contributed by atoms with Gasteiger partial charge in [-0.2, -0.15) is 0 Å². The number of carbonyl (C=O) groups is 1. The zero-order chi connectivity index (χ0) is 21.7. The second-order valence-corrected chi connectivity index (χ2v) is 9.36. The molecule has 0 radical (unpaired) electrons. The summed E-state index contributed by atoms with van der Waals surface area (Å²) in [5.41, 5.74) is 0.128. The van der Waals surface area contributed by atoms with Gasteiger partial charge >= 0.3 is 18.9 Å². The van der Waals surface area contributed by atoms with E-state index in [-0.39, 0.29) is 52.7 Å². The Balaban J connectivity index is 0.00000450. The van der Waals surface area contributed by atoms with Crippen molar-refractivity contribution in [3.63, 3.8) is 0 Å². The maximum absolute atomic E-state index is 13.1. The summed E-state index contributed by atoms with van der Waals surface area (Å²) in [6.45, 7) is 11.6. The predicted molar refractivity (Wildman–Crippen MR) is 124 cm³/mol. The van der Waals surface area contributed by atoms with Crippen LogP contribution in [0.25, 0.3) is 0 Å². The summed E-state index contributed by atoms with van der Waals surface area (Å²) in [7, 11) is -0.276. The van der Waals surface area contributed by atoms with Crippen molar-refractivity contribution in [1.82, 2.24) is 0 Å². The molecule has 1 unspecified atom stereocenters. The summed E-state index contributed by atoms with van der Waals surface area (Å²) in [4.78, 5) is 13.1. The van der Waals surface area contributed by atoms with Crippen LogP contribution in [0.3, 0.4) is 0 Å². The molecular formula is C22H28Cl2LiO4P. The van der Waals surface area contributed by atoms with E-state index >= 15 is 0 Å². The second kappa shape index (κ2) is 12.2. The summed E-state index contributed by atoms with van der Waals surface area (Å²) >= 11 is 12.5. The standard InChI is InChI=1S/C22H27Cl2O4P.Li.H/c1-12(2)26-15-10-18(27-13(3)4)21(19(11-15)28-14(5)6)29-22(25)20-16(23)8-7-9-17(20)24;;/h7-14,29H,1-6H3;;/q;+1;-1. The van der Waals surface area contributed by atoms with Gasteiger partial charge in [-0.15, -0.1) is 0 Å². The summed E-state index contributed by atoms with van der Waals surface area (Å²) in [5, 5.41) is 1.32. The van der Waals surface area contributed by atoms with Crippen LogP contribution in [0.4, 0.5) is 0 Å². The van der Waals surface area contributed by atoms with E-state index in [9.17, 15) is 4.79 Å². The van der Waals surface area contributed by atoms with Gasteiger partial charge in [0.25, 0.3) is 0 Å². The molecule has 0 N–H and O–H groups in total. The number of hydrogen-bond acceptors (Lipinski definition) is 4. The number of carbonyl (C=O) groups excluding carboxylic acids is 1. The van der Waals surface area contributed by atoms with E-state index in [1.807, 2.05) is 41.5 Å². The van der Waals surface area contributed by atoms with Crippen LogP contribution in [-0.2, 0) is 0 Å². The van der Waals surface area contributed by atoms with Crippen molar-refractivity contribution in [3.8, 4) is 17.2 Å². The molecule has 0 aromatic heterocycles. The van der Waals surface area contributed by atoms with Crippen LogP contribution < -0.4 is 38.4 Å². The third-order valence-electron chi connectivity index (χ3n) is 3.56. The third-order valence-corrected chi connectivity index (χ3v) is 5.41. The number of ether oxygens (including phenoxy) is 3. The van der Waals surface area contributed by atoms with Crippen molar-refractivity contribution in [3.05, 3.63) is 45.9 Å². The molecule has 2 aromatic carbocycles. The molecule has 160 valence electrons. The van der Waals surface area contributed by atoms with Gasteiger partial charge < -0.3 is 15.6 Å². The van der Waals surface area contributed by atoms with Crippen LogP contribution in [0.15, 0.2) is 30.3 Å². The largest absolute Gasteiger partial charge is 1.00 e. The normalized spacial score (nSPS) is 11.3. The monoisotopic (exact) mass is 464 g/mol. The summed E-state index contributed by atoms with van der Waals surface area (Å²) in [6, 6.07) is 8.63. The molecule has 0 aliphatic heterocycles. The molecular weight excluding hydrogens is 437 g/mol. The molecule has 30 heavy (non-hydrogen) atoms. The minimum Gasteiger partial charge on any atom is -1.00 e. The maximum atomic E-state index is 13.1. The van der Waals surface area contributed by atoms with Crippen molar-refractivity contribution in [2.45, 2.75) is 59.9 Å². The number of rotatable bonds is 9. The minimum atomic E-state index is -0.276. The molecule has 0 saturated carbocycles. The van der Waals surface area contributed by atoms with Crippen LogP contribution in [0.5, 0.6) is 17.2 Å². The molecule has 0 aliphatic carbocycles. The fourth-order valence-corrected chi connectivity index (χ4v) is 4.47. The van der Waals surface area contributed by atoms with Gasteiger partial charge in [0.1, 0.15) is 17.2 Å². The predicted octanol–water partition coefficient (Wildman–Crippen LogP) is 3.62. The van der Waals surface area contributed by atoms with Crippen LogP contribution in [0.2, 0.25) is 10.0 Å². The Morgan fingerprint density at radius 2 is 1.30 bits per heavy atom. The Hall–Kier alpha value is -0.883. The first kappa shape index (κ1) is 27.2. The van der Waals surface area contributed by atoms with Crippen LogP contribution >= 0.6 is 31.8 Å². The van der Waals surface area contributed by atoms with Gasteiger partial charge in [0.15, 0.2) is 5.52 Å². The third kappa shape index (κ3) is 7.67. The average Bonchev–Trinajstić information content (AvgIpc) is 2.56. The van der Waals surface area contributed by atoms with Crippen molar-refractivity contribution >= 4 is 42.6 Å². The van der Waals surface area contributed by atoms with Crippen molar-refractivity contribution in [1.29, 1.82) is 0 Å². The topological polar surface area (TPSA) is 44.8 Å². The number of hydrogen-bond donors (Lipinski definition) is 0. The fourth-order valence-electron chi connectivity index (χ4n) is 2.61. The molecule has 0 heterocycles.